The molecule has 0 aliphatic rings. The van der Waals surface area contributed by atoms with E-state index in [4.69, 9.17) is 18.9 Å². The number of rotatable bonds is 13. The Kier molecular flexibility index (Phi) is 11.8. The molecule has 0 aliphatic heterocycles. The molecule has 0 unspecified atom stereocenters. The summed E-state index contributed by atoms with van der Waals surface area (Å²) in [4.78, 5) is 4.65. The predicted molar refractivity (Wildman–Crippen MR) is 109 cm³/mol. The highest BCUT2D eigenvalue weighted by atomic mass is 16.5. The number of aliphatic imine (C=N–C) groups is 1. The van der Waals surface area contributed by atoms with Gasteiger partial charge in [-0.3, -0.25) is 0 Å². The zero-order valence-electron chi connectivity index (χ0n) is 17.4. The largest absolute Gasteiger partial charge is 0.493 e. The summed E-state index contributed by atoms with van der Waals surface area (Å²) in [7, 11) is 4.82. The average Bonchev–Trinajstić information content (AvgIpc) is 2.70. The topological polar surface area (TPSA) is 73.3 Å². The number of benzene rings is 1. The van der Waals surface area contributed by atoms with Gasteiger partial charge in [-0.1, -0.05) is 13.3 Å². The number of guanidine groups is 1. The fraction of sp³-hybridized carbons (Fsp3) is 0.650. The number of methoxy groups -OCH3 is 3. The molecule has 1 aromatic carbocycles. The smallest absolute Gasteiger partial charge is 0.203 e. The maximum absolute atomic E-state index is 5.58. The van der Waals surface area contributed by atoms with Crippen molar-refractivity contribution < 1.29 is 18.9 Å². The first-order valence-electron chi connectivity index (χ1n) is 9.59. The van der Waals surface area contributed by atoms with Gasteiger partial charge in [0.05, 0.1) is 27.9 Å². The highest BCUT2D eigenvalue weighted by molar-refractivity contribution is 5.79. The van der Waals surface area contributed by atoms with Crippen LogP contribution in [-0.4, -0.2) is 53.6 Å². The highest BCUT2D eigenvalue weighted by Crippen LogP contribution is 2.39. The summed E-state index contributed by atoms with van der Waals surface area (Å²) in [6.07, 6.45) is 3.22. The van der Waals surface area contributed by atoms with Crippen molar-refractivity contribution in [3.05, 3.63) is 17.7 Å². The summed E-state index contributed by atoms with van der Waals surface area (Å²) in [5.74, 6) is 2.62. The van der Waals surface area contributed by atoms with Gasteiger partial charge in [0.2, 0.25) is 5.75 Å². The molecule has 27 heavy (non-hydrogen) atoms. The molecule has 1 aromatic rings. The molecule has 0 spiro atoms. The fourth-order valence-corrected chi connectivity index (χ4v) is 2.52. The summed E-state index contributed by atoms with van der Waals surface area (Å²) in [5.41, 5.74) is 0.926. The fourth-order valence-electron chi connectivity index (χ4n) is 2.52. The molecule has 0 radical (unpaired) electrons. The van der Waals surface area contributed by atoms with Crippen LogP contribution in [0.2, 0.25) is 0 Å². The van der Waals surface area contributed by atoms with Crippen LogP contribution >= 0.6 is 0 Å². The third kappa shape index (κ3) is 7.95. The molecule has 0 atom stereocenters. The van der Waals surface area contributed by atoms with Crippen LogP contribution < -0.4 is 24.8 Å². The molecular formula is C20H35N3O4. The molecule has 0 heterocycles. The van der Waals surface area contributed by atoms with E-state index in [0.717, 1.165) is 57.1 Å². The monoisotopic (exact) mass is 381 g/mol. The van der Waals surface area contributed by atoms with Crippen molar-refractivity contribution >= 4 is 5.96 Å². The minimum atomic E-state index is 0.464. The number of hydrogen-bond donors (Lipinski definition) is 2. The van der Waals surface area contributed by atoms with Crippen molar-refractivity contribution in [2.24, 2.45) is 4.99 Å². The zero-order chi connectivity index (χ0) is 19.9. The molecule has 0 aromatic heterocycles. The number of nitrogens with zero attached hydrogens (tertiary/aromatic N) is 1. The lowest BCUT2D eigenvalue weighted by Gasteiger charge is -2.15. The number of unbranched alkanes of at least 4 members (excludes halogenated alkanes) is 1. The van der Waals surface area contributed by atoms with Gasteiger partial charge in [-0.25, -0.2) is 4.99 Å². The van der Waals surface area contributed by atoms with Crippen LogP contribution in [0.1, 0.15) is 38.7 Å². The van der Waals surface area contributed by atoms with Crippen LogP contribution in [0.3, 0.4) is 0 Å². The Labute approximate surface area is 163 Å². The lowest BCUT2D eigenvalue weighted by atomic mass is 10.1. The predicted octanol–water partition coefficient (Wildman–Crippen LogP) is 2.97. The summed E-state index contributed by atoms with van der Waals surface area (Å²) in [5, 5.41) is 6.59. The molecule has 0 amide bonds. The van der Waals surface area contributed by atoms with Crippen LogP contribution in [0.5, 0.6) is 17.2 Å². The summed E-state index contributed by atoms with van der Waals surface area (Å²) in [6.45, 7) is 7.87. The van der Waals surface area contributed by atoms with Crippen LogP contribution in [0.15, 0.2) is 17.1 Å². The first-order valence-corrected chi connectivity index (χ1v) is 9.59. The molecule has 7 heteroatoms. The summed E-state index contributed by atoms with van der Waals surface area (Å²) >= 11 is 0. The van der Waals surface area contributed by atoms with E-state index in [9.17, 15) is 0 Å². The lowest BCUT2D eigenvalue weighted by Crippen LogP contribution is -2.38. The van der Waals surface area contributed by atoms with E-state index in [1.54, 1.807) is 21.3 Å². The molecule has 0 saturated heterocycles. The molecule has 0 fully saturated rings. The molecule has 154 valence electrons. The van der Waals surface area contributed by atoms with Crippen LogP contribution in [-0.2, 0) is 11.3 Å². The van der Waals surface area contributed by atoms with Gasteiger partial charge in [-0.15, -0.1) is 0 Å². The van der Waals surface area contributed by atoms with Gasteiger partial charge in [-0.2, -0.15) is 0 Å². The van der Waals surface area contributed by atoms with E-state index in [1.807, 2.05) is 19.1 Å². The van der Waals surface area contributed by atoms with E-state index < -0.39 is 0 Å². The molecular weight excluding hydrogens is 346 g/mol. The number of hydrogen-bond acceptors (Lipinski definition) is 5. The van der Waals surface area contributed by atoms with Crippen molar-refractivity contribution in [2.45, 2.75) is 39.7 Å². The second-order valence-corrected chi connectivity index (χ2v) is 5.93. The minimum absolute atomic E-state index is 0.464. The normalized spacial score (nSPS) is 11.2. The Hall–Kier alpha value is -2.15. The first kappa shape index (κ1) is 22.9. The van der Waals surface area contributed by atoms with E-state index in [-0.39, 0.29) is 0 Å². The van der Waals surface area contributed by atoms with Crippen molar-refractivity contribution in [1.29, 1.82) is 0 Å². The van der Waals surface area contributed by atoms with E-state index in [0.29, 0.717) is 23.8 Å². The van der Waals surface area contributed by atoms with Gasteiger partial charge in [0.15, 0.2) is 17.5 Å². The summed E-state index contributed by atoms with van der Waals surface area (Å²) < 4.78 is 21.8. The Morgan fingerprint density at radius 1 is 0.926 bits per heavy atom. The molecule has 0 bridgehead atoms. The second-order valence-electron chi connectivity index (χ2n) is 5.93. The molecule has 1 rings (SSSR count). The van der Waals surface area contributed by atoms with Crippen LogP contribution in [0.25, 0.3) is 0 Å². The molecule has 7 nitrogen and oxygen atoms in total. The van der Waals surface area contributed by atoms with Gasteiger partial charge < -0.3 is 29.6 Å². The van der Waals surface area contributed by atoms with Crippen molar-refractivity contribution in [3.63, 3.8) is 0 Å². The van der Waals surface area contributed by atoms with Gasteiger partial charge in [0.25, 0.3) is 0 Å². The van der Waals surface area contributed by atoms with Crippen molar-refractivity contribution in [3.8, 4) is 17.2 Å². The maximum atomic E-state index is 5.58. The Balaban J connectivity index is 2.66. The van der Waals surface area contributed by atoms with E-state index >= 15 is 0 Å². The van der Waals surface area contributed by atoms with Gasteiger partial charge in [0.1, 0.15) is 0 Å². The number of nitrogens with one attached hydrogen (secondary N) is 2. The molecule has 0 saturated carbocycles. The lowest BCUT2D eigenvalue weighted by molar-refractivity contribution is 0.129. The quantitative estimate of drug-likeness (QED) is 0.311. The van der Waals surface area contributed by atoms with Crippen molar-refractivity contribution in [2.75, 3.05) is 47.6 Å². The average molecular weight is 382 g/mol. The standard InChI is InChI=1S/C20H35N3O4/c1-6-8-13-27-14-9-12-22-20(21-7-2)23-15-16-10-11-17(24-3)19(26-5)18(16)25-4/h10-11H,6-9,12-15H2,1-5H3,(H2,21,22,23). The SMILES string of the molecule is CCCCOCCCNC(=NCc1ccc(OC)c(OC)c1OC)NCC. The zero-order valence-corrected chi connectivity index (χ0v) is 17.4. The van der Waals surface area contributed by atoms with Gasteiger partial charge in [0, 0.05) is 31.9 Å². The molecule has 0 aliphatic carbocycles. The third-order valence-electron chi connectivity index (χ3n) is 3.94. The Morgan fingerprint density at radius 3 is 2.30 bits per heavy atom. The second kappa shape index (κ2) is 14.0. The first-order chi connectivity index (χ1) is 13.2. The maximum Gasteiger partial charge on any atom is 0.203 e. The Bertz CT molecular complexity index is 564. The molecule has 2 N–H and O–H groups in total. The van der Waals surface area contributed by atoms with Crippen LogP contribution in [0.4, 0.5) is 0 Å². The Morgan fingerprint density at radius 2 is 1.67 bits per heavy atom. The van der Waals surface area contributed by atoms with Gasteiger partial charge in [-0.05, 0) is 31.9 Å². The van der Waals surface area contributed by atoms with E-state index in [2.05, 4.69) is 22.5 Å². The third-order valence-corrected chi connectivity index (χ3v) is 3.94. The summed E-state index contributed by atoms with van der Waals surface area (Å²) in [6, 6.07) is 3.80. The van der Waals surface area contributed by atoms with E-state index in [1.165, 1.54) is 0 Å². The van der Waals surface area contributed by atoms with Crippen LogP contribution in [0, 0.1) is 0 Å². The highest BCUT2D eigenvalue weighted by Gasteiger charge is 2.15. The van der Waals surface area contributed by atoms with Crippen molar-refractivity contribution in [1.82, 2.24) is 10.6 Å². The number of ether oxygens (including phenoxy) is 4. The van der Waals surface area contributed by atoms with Gasteiger partial charge >= 0.3 is 0 Å². The minimum Gasteiger partial charge on any atom is -0.493 e.